The number of hydrogen-bond donors (Lipinski definition) is 2. The number of aromatic nitrogens is 2. The number of aromatic amines is 1. The fourth-order valence-corrected chi connectivity index (χ4v) is 0.602. The number of aryl methyl sites for hydroxylation is 1. The molecule has 1 aromatic rings. The first kappa shape index (κ1) is 9.35. The minimum absolute atomic E-state index is 0.167. The third-order valence-corrected chi connectivity index (χ3v) is 0.888. The van der Waals surface area contributed by atoms with E-state index in [4.69, 9.17) is 10.5 Å². The average molecular weight is 155 g/mol. The Kier molecular flexibility index (Phi) is 3.58. The summed E-state index contributed by atoms with van der Waals surface area (Å²) >= 11 is 0. The first-order valence-electron chi connectivity index (χ1n) is 2.81. The Labute approximate surface area is 63.3 Å². The van der Waals surface area contributed by atoms with Crippen molar-refractivity contribution in [1.29, 1.82) is 0 Å². The SMILES string of the molecule is C=O.Cc1cc(=O)[nH]c(N)n1. The summed E-state index contributed by atoms with van der Waals surface area (Å²) in [5, 5.41) is 0. The molecule has 0 aromatic carbocycles. The van der Waals surface area contributed by atoms with Crippen molar-refractivity contribution in [3.05, 3.63) is 22.1 Å². The summed E-state index contributed by atoms with van der Waals surface area (Å²) in [5.74, 6) is 0.167. The van der Waals surface area contributed by atoms with Gasteiger partial charge >= 0.3 is 0 Å². The molecule has 0 saturated carbocycles. The molecule has 5 heteroatoms. The lowest BCUT2D eigenvalue weighted by molar-refractivity contribution is -0.0979. The second-order valence-electron chi connectivity index (χ2n) is 1.77. The minimum atomic E-state index is -0.208. The van der Waals surface area contributed by atoms with Crippen LogP contribution in [0.3, 0.4) is 0 Å². The summed E-state index contributed by atoms with van der Waals surface area (Å²) < 4.78 is 0. The van der Waals surface area contributed by atoms with E-state index in [1.54, 1.807) is 6.92 Å². The molecule has 0 aliphatic rings. The summed E-state index contributed by atoms with van der Waals surface area (Å²) in [6.07, 6.45) is 0. The maximum atomic E-state index is 10.5. The predicted octanol–water partition coefficient (Wildman–Crippen LogP) is -0.524. The third-order valence-electron chi connectivity index (χ3n) is 0.888. The number of nitrogen functional groups attached to an aromatic ring is 1. The topological polar surface area (TPSA) is 88.8 Å². The van der Waals surface area contributed by atoms with Crippen molar-refractivity contribution in [3.8, 4) is 0 Å². The molecule has 0 fully saturated rings. The minimum Gasteiger partial charge on any atom is -0.369 e. The molecule has 0 radical (unpaired) electrons. The molecule has 0 aliphatic carbocycles. The zero-order valence-corrected chi connectivity index (χ0v) is 6.13. The Morgan fingerprint density at radius 2 is 2.18 bits per heavy atom. The van der Waals surface area contributed by atoms with Crippen molar-refractivity contribution in [2.45, 2.75) is 6.92 Å². The van der Waals surface area contributed by atoms with E-state index < -0.39 is 0 Å². The monoisotopic (exact) mass is 155 g/mol. The van der Waals surface area contributed by atoms with Gasteiger partial charge in [0.15, 0.2) is 0 Å². The van der Waals surface area contributed by atoms with Crippen LogP contribution in [0.5, 0.6) is 0 Å². The van der Waals surface area contributed by atoms with Crippen molar-refractivity contribution < 1.29 is 4.79 Å². The number of nitrogens with zero attached hydrogens (tertiary/aromatic N) is 1. The summed E-state index contributed by atoms with van der Waals surface area (Å²) in [5.41, 5.74) is 5.62. The molecule has 0 aliphatic heterocycles. The number of carbonyl (C=O) groups excluding carboxylic acids is 1. The largest absolute Gasteiger partial charge is 0.369 e. The number of nitrogens with one attached hydrogen (secondary N) is 1. The van der Waals surface area contributed by atoms with Gasteiger partial charge in [-0.3, -0.25) is 9.78 Å². The second-order valence-corrected chi connectivity index (χ2v) is 1.77. The van der Waals surface area contributed by atoms with E-state index in [1.807, 2.05) is 6.79 Å². The molecule has 5 nitrogen and oxygen atoms in total. The highest BCUT2D eigenvalue weighted by Gasteiger charge is 1.89. The second kappa shape index (κ2) is 4.21. The number of hydrogen-bond acceptors (Lipinski definition) is 4. The van der Waals surface area contributed by atoms with Gasteiger partial charge in [-0.2, -0.15) is 0 Å². The lowest BCUT2D eigenvalue weighted by Gasteiger charge is -1.90. The highest BCUT2D eigenvalue weighted by atomic mass is 16.1. The lowest BCUT2D eigenvalue weighted by atomic mass is 10.5. The Morgan fingerprint density at radius 3 is 2.55 bits per heavy atom. The van der Waals surface area contributed by atoms with Crippen molar-refractivity contribution in [3.63, 3.8) is 0 Å². The summed E-state index contributed by atoms with van der Waals surface area (Å²) in [6, 6.07) is 1.39. The average Bonchev–Trinajstić information content (AvgIpc) is 1.88. The van der Waals surface area contributed by atoms with Crippen LogP contribution in [-0.4, -0.2) is 16.8 Å². The van der Waals surface area contributed by atoms with Crippen LogP contribution in [0.4, 0.5) is 5.95 Å². The Hall–Kier alpha value is -1.65. The molecule has 0 unspecified atom stereocenters. The molecule has 0 amide bonds. The van der Waals surface area contributed by atoms with E-state index in [1.165, 1.54) is 6.07 Å². The first-order valence-corrected chi connectivity index (χ1v) is 2.81. The highest BCUT2D eigenvalue weighted by Crippen LogP contribution is 1.86. The van der Waals surface area contributed by atoms with Crippen LogP contribution < -0.4 is 11.3 Å². The van der Waals surface area contributed by atoms with E-state index in [0.29, 0.717) is 5.69 Å². The zero-order valence-electron chi connectivity index (χ0n) is 6.13. The van der Waals surface area contributed by atoms with Gasteiger partial charge in [0.05, 0.1) is 0 Å². The first-order chi connectivity index (χ1) is 5.18. The number of anilines is 1. The van der Waals surface area contributed by atoms with Gasteiger partial charge in [0.2, 0.25) is 5.95 Å². The molecule has 11 heavy (non-hydrogen) atoms. The zero-order chi connectivity index (χ0) is 8.85. The summed E-state index contributed by atoms with van der Waals surface area (Å²) in [6.45, 7) is 3.71. The maximum Gasteiger partial charge on any atom is 0.252 e. The van der Waals surface area contributed by atoms with Crippen LogP contribution in [0.15, 0.2) is 10.9 Å². The van der Waals surface area contributed by atoms with E-state index in [2.05, 4.69) is 9.97 Å². The Morgan fingerprint density at radius 1 is 1.64 bits per heavy atom. The standard InChI is InChI=1S/C5H7N3O.CH2O/c1-3-2-4(9)8-5(6)7-3;1-2/h2H,1H3,(H3,6,7,8,9);1H2. The Bertz CT molecular complexity index is 258. The van der Waals surface area contributed by atoms with Gasteiger partial charge < -0.3 is 10.5 Å². The fourth-order valence-electron chi connectivity index (χ4n) is 0.602. The molecule has 1 aromatic heterocycles. The molecule has 0 atom stereocenters. The molecule has 0 saturated heterocycles. The van der Waals surface area contributed by atoms with E-state index in [0.717, 1.165) is 0 Å². The van der Waals surface area contributed by atoms with Crippen LogP contribution in [0, 0.1) is 6.92 Å². The molecular formula is C6H9N3O2. The van der Waals surface area contributed by atoms with Gasteiger partial charge in [0, 0.05) is 11.8 Å². The quantitative estimate of drug-likeness (QED) is 0.527. The lowest BCUT2D eigenvalue weighted by Crippen LogP contribution is -2.09. The van der Waals surface area contributed by atoms with Gasteiger partial charge in [-0.15, -0.1) is 0 Å². The summed E-state index contributed by atoms with van der Waals surface area (Å²) in [4.78, 5) is 24.6. The molecule has 1 rings (SSSR count). The molecule has 3 N–H and O–H groups in total. The molecular weight excluding hydrogens is 146 g/mol. The number of nitrogens with two attached hydrogens (primary N) is 1. The smallest absolute Gasteiger partial charge is 0.252 e. The van der Waals surface area contributed by atoms with Gasteiger partial charge in [-0.25, -0.2) is 4.98 Å². The van der Waals surface area contributed by atoms with E-state index >= 15 is 0 Å². The third kappa shape index (κ3) is 3.14. The van der Waals surface area contributed by atoms with Crippen molar-refractivity contribution in [2.24, 2.45) is 0 Å². The van der Waals surface area contributed by atoms with E-state index in [9.17, 15) is 4.79 Å². The molecule has 1 heterocycles. The van der Waals surface area contributed by atoms with Crippen molar-refractivity contribution >= 4 is 12.7 Å². The Balaban J connectivity index is 0.000000461. The number of carbonyl (C=O) groups is 1. The van der Waals surface area contributed by atoms with Crippen LogP contribution >= 0.6 is 0 Å². The van der Waals surface area contributed by atoms with E-state index in [-0.39, 0.29) is 11.5 Å². The molecule has 0 spiro atoms. The maximum absolute atomic E-state index is 10.5. The van der Waals surface area contributed by atoms with Gasteiger partial charge in [-0.05, 0) is 6.92 Å². The fraction of sp³-hybridized carbons (Fsp3) is 0.167. The number of rotatable bonds is 0. The number of H-pyrrole nitrogens is 1. The van der Waals surface area contributed by atoms with Crippen LogP contribution in [0.1, 0.15) is 5.69 Å². The van der Waals surface area contributed by atoms with Gasteiger partial charge in [0.25, 0.3) is 5.56 Å². The highest BCUT2D eigenvalue weighted by molar-refractivity contribution is 5.16. The van der Waals surface area contributed by atoms with Gasteiger partial charge in [0.1, 0.15) is 6.79 Å². The normalized spacial score (nSPS) is 8.09. The van der Waals surface area contributed by atoms with Crippen LogP contribution in [0.2, 0.25) is 0 Å². The van der Waals surface area contributed by atoms with Crippen LogP contribution in [-0.2, 0) is 4.79 Å². The van der Waals surface area contributed by atoms with Crippen LogP contribution in [0.25, 0.3) is 0 Å². The predicted molar refractivity (Wildman–Crippen MR) is 41.1 cm³/mol. The van der Waals surface area contributed by atoms with Gasteiger partial charge in [-0.1, -0.05) is 0 Å². The van der Waals surface area contributed by atoms with Crippen molar-refractivity contribution in [2.75, 3.05) is 5.73 Å². The van der Waals surface area contributed by atoms with Crippen molar-refractivity contribution in [1.82, 2.24) is 9.97 Å². The summed E-state index contributed by atoms with van der Waals surface area (Å²) in [7, 11) is 0. The molecule has 0 bridgehead atoms. The molecule has 60 valence electrons.